The van der Waals surface area contributed by atoms with Gasteiger partial charge in [0, 0.05) is 11.5 Å². The molecule has 0 bridgehead atoms. The lowest BCUT2D eigenvalue weighted by atomic mass is 10.0. The molecule has 4 rings (SSSR count). The zero-order valence-corrected chi connectivity index (χ0v) is 12.1. The maximum Gasteiger partial charge on any atom is 0.258 e. The van der Waals surface area contributed by atoms with Crippen LogP contribution in [-0.4, -0.2) is 16.1 Å². The van der Waals surface area contributed by atoms with Crippen molar-refractivity contribution in [1.29, 1.82) is 0 Å². The number of hydrogen-bond acceptors (Lipinski definition) is 4. The second-order valence-corrected chi connectivity index (χ2v) is 6.21. The third-order valence-electron chi connectivity index (χ3n) is 3.62. The molecule has 2 aromatic carbocycles. The second-order valence-electron chi connectivity index (χ2n) is 5.20. The number of nitrogens with zero attached hydrogens (tertiary/aromatic N) is 2. The number of rotatable bonds is 3. The van der Waals surface area contributed by atoms with Crippen LogP contribution in [0.2, 0.25) is 0 Å². The van der Waals surface area contributed by atoms with E-state index in [1.54, 1.807) is 0 Å². The summed E-state index contributed by atoms with van der Waals surface area (Å²) in [5.41, 5.74) is 0.663. The van der Waals surface area contributed by atoms with E-state index in [1.807, 2.05) is 42.5 Å². The van der Waals surface area contributed by atoms with Gasteiger partial charge in [-0.1, -0.05) is 47.7 Å². The Morgan fingerprint density at radius 2 is 1.90 bits per heavy atom. The summed E-state index contributed by atoms with van der Waals surface area (Å²) in [7, 11) is 0. The Kier molecular flexibility index (Phi) is 2.93. The van der Waals surface area contributed by atoms with Gasteiger partial charge in [0.1, 0.15) is 5.01 Å². The van der Waals surface area contributed by atoms with Gasteiger partial charge in [0.2, 0.25) is 5.13 Å². The van der Waals surface area contributed by atoms with Crippen molar-refractivity contribution >= 4 is 33.1 Å². The summed E-state index contributed by atoms with van der Waals surface area (Å²) in [6.07, 6.45) is 2.37. The Hall–Kier alpha value is -2.27. The third kappa shape index (κ3) is 2.40. The first-order valence-corrected chi connectivity index (χ1v) is 7.75. The molecule has 0 aliphatic heterocycles. The summed E-state index contributed by atoms with van der Waals surface area (Å²) in [4.78, 5) is 12.5. The van der Waals surface area contributed by atoms with Crippen molar-refractivity contribution in [2.75, 3.05) is 5.32 Å². The van der Waals surface area contributed by atoms with Gasteiger partial charge in [0.05, 0.1) is 0 Å². The van der Waals surface area contributed by atoms with E-state index < -0.39 is 0 Å². The van der Waals surface area contributed by atoms with Crippen LogP contribution < -0.4 is 5.32 Å². The lowest BCUT2D eigenvalue weighted by Crippen LogP contribution is -2.12. The molecule has 1 fully saturated rings. The summed E-state index contributed by atoms with van der Waals surface area (Å²) in [5.74, 6) is 0.427. The maximum absolute atomic E-state index is 12.5. The molecule has 21 heavy (non-hydrogen) atoms. The highest BCUT2D eigenvalue weighted by Crippen LogP contribution is 2.42. The summed E-state index contributed by atoms with van der Waals surface area (Å²) < 4.78 is 0. The standard InChI is InChI=1S/C16H13N3OS/c20-14(17-16-19-18-15(21-16)11-8-9-11)13-7-3-5-10-4-1-2-6-12(10)13/h1-7,11H,8-9H2,(H,17,19,20). The molecule has 5 heteroatoms. The van der Waals surface area contributed by atoms with Gasteiger partial charge < -0.3 is 0 Å². The molecule has 0 saturated heterocycles. The largest absolute Gasteiger partial charge is 0.296 e. The Morgan fingerprint density at radius 1 is 1.10 bits per heavy atom. The fraction of sp³-hybridized carbons (Fsp3) is 0.188. The first-order chi connectivity index (χ1) is 10.3. The minimum Gasteiger partial charge on any atom is -0.296 e. The van der Waals surface area contributed by atoms with Gasteiger partial charge in [-0.2, -0.15) is 0 Å². The van der Waals surface area contributed by atoms with Crippen molar-refractivity contribution in [2.24, 2.45) is 0 Å². The van der Waals surface area contributed by atoms with Crippen LogP contribution >= 0.6 is 11.3 Å². The average Bonchev–Trinajstić information content (AvgIpc) is 3.27. The number of carbonyl (C=O) groups is 1. The second kappa shape index (κ2) is 4.93. The van der Waals surface area contributed by atoms with E-state index in [0.29, 0.717) is 16.6 Å². The number of carbonyl (C=O) groups excluding carboxylic acids is 1. The minimum atomic E-state index is -0.134. The van der Waals surface area contributed by atoms with E-state index in [4.69, 9.17) is 0 Å². The Balaban J connectivity index is 1.63. The number of benzene rings is 2. The van der Waals surface area contributed by atoms with Gasteiger partial charge in [-0.25, -0.2) is 0 Å². The minimum absolute atomic E-state index is 0.134. The summed E-state index contributed by atoms with van der Waals surface area (Å²) >= 11 is 1.48. The Morgan fingerprint density at radius 3 is 2.76 bits per heavy atom. The lowest BCUT2D eigenvalue weighted by molar-refractivity contribution is 0.102. The van der Waals surface area contributed by atoms with E-state index in [0.717, 1.165) is 15.8 Å². The van der Waals surface area contributed by atoms with Crippen LogP contribution in [0.25, 0.3) is 10.8 Å². The van der Waals surface area contributed by atoms with Crippen LogP contribution in [0.15, 0.2) is 42.5 Å². The number of fused-ring (bicyclic) bond motifs is 1. The highest BCUT2D eigenvalue weighted by molar-refractivity contribution is 7.15. The molecule has 1 saturated carbocycles. The quantitative estimate of drug-likeness (QED) is 0.799. The zero-order valence-electron chi connectivity index (χ0n) is 11.2. The van der Waals surface area contributed by atoms with E-state index in [9.17, 15) is 4.79 Å². The zero-order chi connectivity index (χ0) is 14.2. The van der Waals surface area contributed by atoms with Crippen molar-refractivity contribution in [2.45, 2.75) is 18.8 Å². The molecule has 1 amide bonds. The van der Waals surface area contributed by atoms with Crippen molar-refractivity contribution in [3.8, 4) is 0 Å². The number of anilines is 1. The van der Waals surface area contributed by atoms with Crippen molar-refractivity contribution < 1.29 is 4.79 Å². The van der Waals surface area contributed by atoms with Gasteiger partial charge >= 0.3 is 0 Å². The Labute approximate surface area is 125 Å². The first-order valence-electron chi connectivity index (χ1n) is 6.94. The number of amides is 1. The molecule has 0 spiro atoms. The van der Waals surface area contributed by atoms with Gasteiger partial charge in [0.25, 0.3) is 5.91 Å². The topological polar surface area (TPSA) is 54.9 Å². The summed E-state index contributed by atoms with van der Waals surface area (Å²) in [6.45, 7) is 0. The molecule has 1 N–H and O–H groups in total. The number of hydrogen-bond donors (Lipinski definition) is 1. The maximum atomic E-state index is 12.5. The predicted molar refractivity (Wildman–Crippen MR) is 83.8 cm³/mol. The molecule has 1 aliphatic rings. The molecular weight excluding hydrogens is 282 g/mol. The van der Waals surface area contributed by atoms with Crippen molar-refractivity contribution in [3.05, 3.63) is 53.0 Å². The SMILES string of the molecule is O=C(Nc1nnc(C2CC2)s1)c1cccc2ccccc12. The molecule has 104 valence electrons. The normalized spacial score (nSPS) is 14.3. The molecule has 3 aromatic rings. The molecular formula is C16H13N3OS. The lowest BCUT2D eigenvalue weighted by Gasteiger charge is -2.05. The molecule has 4 nitrogen and oxygen atoms in total. The fourth-order valence-corrected chi connectivity index (χ4v) is 3.28. The van der Waals surface area contributed by atoms with Crippen LogP contribution in [0.5, 0.6) is 0 Å². The molecule has 0 radical (unpaired) electrons. The number of nitrogens with one attached hydrogen (secondary N) is 1. The van der Waals surface area contributed by atoms with E-state index in [2.05, 4.69) is 15.5 Å². The third-order valence-corrected chi connectivity index (χ3v) is 4.62. The monoisotopic (exact) mass is 295 g/mol. The van der Waals surface area contributed by atoms with Gasteiger partial charge in [-0.15, -0.1) is 10.2 Å². The smallest absolute Gasteiger partial charge is 0.258 e. The van der Waals surface area contributed by atoms with Crippen molar-refractivity contribution in [1.82, 2.24) is 10.2 Å². The number of aromatic nitrogens is 2. The van der Waals surface area contributed by atoms with E-state index >= 15 is 0 Å². The molecule has 0 atom stereocenters. The molecule has 0 unspecified atom stereocenters. The fourth-order valence-electron chi connectivity index (χ4n) is 2.37. The van der Waals surface area contributed by atoms with E-state index in [-0.39, 0.29) is 5.91 Å². The predicted octanol–water partition coefficient (Wildman–Crippen LogP) is 3.82. The average molecular weight is 295 g/mol. The van der Waals surface area contributed by atoms with Crippen LogP contribution in [0, 0.1) is 0 Å². The summed E-state index contributed by atoms with van der Waals surface area (Å²) in [5, 5.41) is 14.7. The van der Waals surface area contributed by atoms with Gasteiger partial charge in [-0.3, -0.25) is 10.1 Å². The van der Waals surface area contributed by atoms with Crippen molar-refractivity contribution in [3.63, 3.8) is 0 Å². The van der Waals surface area contributed by atoms with Crippen LogP contribution in [0.4, 0.5) is 5.13 Å². The molecule has 1 aromatic heterocycles. The van der Waals surface area contributed by atoms with Crippen LogP contribution in [0.3, 0.4) is 0 Å². The van der Waals surface area contributed by atoms with E-state index in [1.165, 1.54) is 24.2 Å². The first kappa shape index (κ1) is 12.5. The highest BCUT2D eigenvalue weighted by Gasteiger charge is 2.27. The highest BCUT2D eigenvalue weighted by atomic mass is 32.1. The van der Waals surface area contributed by atoms with Gasteiger partial charge in [-0.05, 0) is 29.7 Å². The molecule has 1 aliphatic carbocycles. The van der Waals surface area contributed by atoms with Crippen LogP contribution in [0.1, 0.15) is 34.1 Å². The van der Waals surface area contributed by atoms with Gasteiger partial charge in [0.15, 0.2) is 0 Å². The summed E-state index contributed by atoms with van der Waals surface area (Å²) in [6, 6.07) is 13.6. The molecule has 1 heterocycles. The Bertz CT molecular complexity index is 818. The van der Waals surface area contributed by atoms with Crippen LogP contribution in [-0.2, 0) is 0 Å².